The van der Waals surface area contributed by atoms with E-state index < -0.39 is 59.5 Å². The van der Waals surface area contributed by atoms with E-state index in [1.807, 2.05) is 126 Å². The van der Waals surface area contributed by atoms with Crippen molar-refractivity contribution in [3.8, 4) is 28.6 Å². The predicted octanol–water partition coefficient (Wildman–Crippen LogP) is 7.81. The fourth-order valence-electron chi connectivity index (χ4n) is 9.80. The molecule has 7 N–H and O–H groups in total. The first-order valence-corrected chi connectivity index (χ1v) is 28.9. The summed E-state index contributed by atoms with van der Waals surface area (Å²) in [5.74, 6) is -2.27. The Labute approximate surface area is 479 Å². The summed E-state index contributed by atoms with van der Waals surface area (Å²) in [7, 11) is 0. The first-order valence-electron chi connectivity index (χ1n) is 28.1. The summed E-state index contributed by atoms with van der Waals surface area (Å²) in [6.07, 6.45) is 2.12. The van der Waals surface area contributed by atoms with Crippen LogP contribution in [0.3, 0.4) is 0 Å². The Morgan fingerprint density at radius 1 is 0.728 bits per heavy atom. The minimum atomic E-state index is -1.09. The summed E-state index contributed by atoms with van der Waals surface area (Å²) in [4.78, 5) is 84.2. The molecule has 2 saturated heterocycles. The SMILES string of the molecule is CCNC(=O)c1nnc(-c2cc(C(C)C)c(O)cc2O)n1-c1ccc(SN2CCC(COC(=O)N[C@@H](CCc3ccccc3)C(=O)N[C@@H](CC(C)C)C(=O)N[C@@H](Cc3ccccc3)C(=O)N[C@@H](CC(C)C)C(=O)[C@@]3(C)CO3)CC2)cc1. The standard InChI is InChI=1S/C61H79N9O10S/c1-9-62-59(77)55-68-67-54(46-33-45(39(6)7)51(71)34-52(46)72)70(55)43-21-23-44(24-22-43)81-69-28-26-42(27-29-69)35-79-60(78)66-47(25-20-40-16-12-10-13-17-40)56(74)64-49(31-38(4)5)57(75)65-50(32-41-18-14-11-15-19-41)58(76)63-48(30-37(2)3)53(73)61(8)36-80-61/h10-19,21-24,33-34,37-39,42,47-50,71-72H,9,20,25-32,35-36H2,1-8H3,(H,62,77)(H,63,76)(H,64,74)(H,65,75)(H,66,78)/t47-,48-,49-,50-,61+/m0/s1. The molecule has 5 amide bonds. The molecule has 5 aromatic rings. The van der Waals surface area contributed by atoms with Crippen LogP contribution < -0.4 is 26.6 Å². The van der Waals surface area contributed by atoms with Crippen molar-refractivity contribution in [2.75, 3.05) is 32.8 Å². The van der Waals surface area contributed by atoms with E-state index in [2.05, 4.69) is 41.1 Å². The second-order valence-corrected chi connectivity index (χ2v) is 23.6. The molecule has 0 saturated carbocycles. The number of amides is 5. The quantitative estimate of drug-likeness (QED) is 0.0196. The van der Waals surface area contributed by atoms with Crippen molar-refractivity contribution in [3.05, 3.63) is 120 Å². The maximum Gasteiger partial charge on any atom is 0.407 e. The van der Waals surface area contributed by atoms with Crippen molar-refractivity contribution in [2.24, 2.45) is 17.8 Å². The molecule has 2 aliphatic heterocycles. The average Bonchev–Trinajstić information content (AvgIpc) is 4.21. The lowest BCUT2D eigenvalue weighted by atomic mass is 9.93. The monoisotopic (exact) mass is 1130 g/mol. The normalized spacial score (nSPS) is 17.0. The maximum absolute atomic E-state index is 14.4. The van der Waals surface area contributed by atoms with Crippen molar-refractivity contribution >= 4 is 47.5 Å². The number of nitrogens with zero attached hydrogens (tertiary/aromatic N) is 4. The van der Waals surface area contributed by atoms with Crippen LogP contribution in [0.2, 0.25) is 0 Å². The van der Waals surface area contributed by atoms with Crippen LogP contribution in [0.5, 0.6) is 11.5 Å². The van der Waals surface area contributed by atoms with E-state index in [4.69, 9.17) is 9.47 Å². The number of aromatic nitrogens is 3. The number of piperidine rings is 1. The zero-order chi connectivity index (χ0) is 58.4. The van der Waals surface area contributed by atoms with Gasteiger partial charge < -0.3 is 46.3 Å². The van der Waals surface area contributed by atoms with Crippen LogP contribution >= 0.6 is 11.9 Å². The van der Waals surface area contributed by atoms with Crippen LogP contribution in [0, 0.1) is 17.8 Å². The Bertz CT molecular complexity index is 2940. The number of phenols is 2. The van der Waals surface area contributed by atoms with E-state index >= 15 is 0 Å². The number of ether oxygens (including phenoxy) is 2. The van der Waals surface area contributed by atoms with Gasteiger partial charge in [0, 0.05) is 42.7 Å². The van der Waals surface area contributed by atoms with E-state index in [-0.39, 0.29) is 85.1 Å². The number of epoxide rings is 1. The molecule has 0 spiro atoms. The molecule has 3 heterocycles. The molecule has 0 radical (unpaired) electrons. The van der Waals surface area contributed by atoms with Crippen molar-refractivity contribution in [1.29, 1.82) is 0 Å². The molecule has 20 heteroatoms. The number of aryl methyl sites for hydroxylation is 1. The molecule has 7 rings (SSSR count). The van der Waals surface area contributed by atoms with Crippen molar-refractivity contribution in [2.45, 2.75) is 141 Å². The number of hydrogen-bond donors (Lipinski definition) is 7. The topological polar surface area (TPSA) is 259 Å². The first kappa shape index (κ1) is 61.3. The van der Waals surface area contributed by atoms with Crippen molar-refractivity contribution < 1.29 is 48.5 Å². The van der Waals surface area contributed by atoms with Crippen LogP contribution in [-0.2, 0) is 41.5 Å². The number of alkyl carbamates (subject to hydrolysis) is 1. The Kier molecular flexibility index (Phi) is 21.5. The Morgan fingerprint density at radius 2 is 1.31 bits per heavy atom. The number of carbonyl (C=O) groups is 6. The molecular weight excluding hydrogens is 1050 g/mol. The molecule has 0 bridgehead atoms. The number of carbonyl (C=O) groups excluding carboxylic acids is 6. The van der Waals surface area contributed by atoms with Gasteiger partial charge in [-0.3, -0.25) is 28.5 Å². The Morgan fingerprint density at radius 3 is 1.91 bits per heavy atom. The van der Waals surface area contributed by atoms with Gasteiger partial charge in [0.05, 0.1) is 24.8 Å². The van der Waals surface area contributed by atoms with Gasteiger partial charge >= 0.3 is 6.09 Å². The number of phenolic OH excluding ortho intramolecular Hbond substituents is 2. The highest BCUT2D eigenvalue weighted by Crippen LogP contribution is 2.39. The smallest absolute Gasteiger partial charge is 0.407 e. The summed E-state index contributed by atoms with van der Waals surface area (Å²) in [6, 6.07) is 25.3. The van der Waals surface area contributed by atoms with Gasteiger partial charge in [-0.1, -0.05) is 102 Å². The minimum absolute atomic E-state index is 0.0407. The largest absolute Gasteiger partial charge is 0.508 e. The third kappa shape index (κ3) is 17.1. The van der Waals surface area contributed by atoms with E-state index in [0.29, 0.717) is 49.3 Å². The van der Waals surface area contributed by atoms with Crippen LogP contribution in [0.4, 0.5) is 4.79 Å². The molecular formula is C61H79N9O10S. The Balaban J connectivity index is 0.971. The van der Waals surface area contributed by atoms with Gasteiger partial charge in [0.15, 0.2) is 11.6 Å². The van der Waals surface area contributed by atoms with Gasteiger partial charge in [0.1, 0.15) is 35.2 Å². The summed E-state index contributed by atoms with van der Waals surface area (Å²) < 4.78 is 15.1. The van der Waals surface area contributed by atoms with Crippen molar-refractivity contribution in [1.82, 2.24) is 45.7 Å². The van der Waals surface area contributed by atoms with Crippen molar-refractivity contribution in [3.63, 3.8) is 0 Å². The second-order valence-electron chi connectivity index (χ2n) is 22.4. The number of Topliss-reactive ketones (excluding diaryl/α,β-unsaturated/α-hetero) is 1. The summed E-state index contributed by atoms with van der Waals surface area (Å²) in [5.41, 5.74) is 2.30. The lowest BCUT2D eigenvalue weighted by Crippen LogP contribution is -2.59. The number of benzene rings is 4. The molecule has 1 aromatic heterocycles. The third-order valence-corrected chi connectivity index (χ3v) is 15.5. The van der Waals surface area contributed by atoms with E-state index in [1.54, 1.807) is 36.4 Å². The highest BCUT2D eigenvalue weighted by molar-refractivity contribution is 7.97. The molecule has 81 heavy (non-hydrogen) atoms. The first-order chi connectivity index (χ1) is 38.7. The van der Waals surface area contributed by atoms with Crippen LogP contribution in [0.25, 0.3) is 17.1 Å². The predicted molar refractivity (Wildman–Crippen MR) is 310 cm³/mol. The maximum atomic E-state index is 14.4. The van der Waals surface area contributed by atoms with E-state index in [0.717, 1.165) is 28.9 Å². The Hall–Kier alpha value is -7.29. The molecule has 2 fully saturated rings. The fraction of sp³-hybridized carbons (Fsp3) is 0.475. The van der Waals surface area contributed by atoms with Gasteiger partial charge in [-0.15, -0.1) is 10.2 Å². The number of nitrogens with one attached hydrogen (secondary N) is 5. The molecule has 2 aliphatic rings. The van der Waals surface area contributed by atoms with E-state index in [1.165, 1.54) is 6.07 Å². The minimum Gasteiger partial charge on any atom is -0.508 e. The van der Waals surface area contributed by atoms with Crippen LogP contribution in [0.1, 0.15) is 121 Å². The summed E-state index contributed by atoms with van der Waals surface area (Å²) >= 11 is 1.58. The highest BCUT2D eigenvalue weighted by atomic mass is 32.2. The number of hydrogen-bond acceptors (Lipinski definition) is 14. The summed E-state index contributed by atoms with van der Waals surface area (Å²) in [6.45, 7) is 17.3. The lowest BCUT2D eigenvalue weighted by molar-refractivity contribution is -0.134. The number of rotatable bonds is 27. The van der Waals surface area contributed by atoms with Gasteiger partial charge in [0.2, 0.25) is 23.5 Å². The van der Waals surface area contributed by atoms with Gasteiger partial charge in [-0.05, 0) is 135 Å². The van der Waals surface area contributed by atoms with Gasteiger partial charge in [-0.25, -0.2) is 9.10 Å². The van der Waals surface area contributed by atoms with Gasteiger partial charge in [0.25, 0.3) is 5.91 Å². The molecule has 5 atom stereocenters. The number of ketones is 1. The van der Waals surface area contributed by atoms with E-state index in [9.17, 15) is 39.0 Å². The second kappa shape index (κ2) is 28.4. The third-order valence-electron chi connectivity index (χ3n) is 14.4. The lowest BCUT2D eigenvalue weighted by Gasteiger charge is -2.31. The van der Waals surface area contributed by atoms with Crippen LogP contribution in [0.15, 0.2) is 102 Å². The van der Waals surface area contributed by atoms with Gasteiger partial charge in [-0.2, -0.15) is 0 Å². The zero-order valence-corrected chi connectivity index (χ0v) is 48.5. The zero-order valence-electron chi connectivity index (χ0n) is 47.7. The molecule has 0 unspecified atom stereocenters. The summed E-state index contributed by atoms with van der Waals surface area (Å²) in [5, 5.41) is 44.3. The fourth-order valence-corrected chi connectivity index (χ4v) is 10.8. The highest BCUT2D eigenvalue weighted by Gasteiger charge is 2.50. The molecule has 0 aliphatic carbocycles. The van der Waals surface area contributed by atoms with Crippen LogP contribution in [-0.4, -0.2) is 127 Å². The molecule has 434 valence electrons. The average molecular weight is 1130 g/mol. The molecule has 4 aromatic carbocycles. The molecule has 19 nitrogen and oxygen atoms in total. The number of aromatic hydroxyl groups is 2.